The van der Waals surface area contributed by atoms with E-state index in [1.807, 2.05) is 6.92 Å². The molecule has 0 bridgehead atoms. The molecule has 1 aromatic carbocycles. The van der Waals surface area contributed by atoms with Gasteiger partial charge in [-0.25, -0.2) is 0 Å². The van der Waals surface area contributed by atoms with Crippen LogP contribution in [-0.4, -0.2) is 20.4 Å². The van der Waals surface area contributed by atoms with Gasteiger partial charge in [0, 0.05) is 23.5 Å². The van der Waals surface area contributed by atoms with Gasteiger partial charge in [0.1, 0.15) is 0 Å². The molecule has 5 nitrogen and oxygen atoms in total. The van der Waals surface area contributed by atoms with Crippen molar-refractivity contribution in [2.24, 2.45) is 5.73 Å². The van der Waals surface area contributed by atoms with E-state index in [-0.39, 0.29) is 6.54 Å². The van der Waals surface area contributed by atoms with Crippen LogP contribution in [-0.2, 0) is 11.3 Å². The lowest BCUT2D eigenvalue weighted by molar-refractivity contribution is 0.186. The number of anilines is 1. The second kappa shape index (κ2) is 5.22. The number of nitrogens with two attached hydrogens (primary N) is 1. The minimum Gasteiger partial charge on any atom is -0.755 e. The predicted molar refractivity (Wildman–Crippen MR) is 57.7 cm³/mol. The van der Waals surface area contributed by atoms with Crippen molar-refractivity contribution >= 4 is 17.0 Å². The Morgan fingerprint density at radius 3 is 2.87 bits per heavy atom. The fourth-order valence-electron chi connectivity index (χ4n) is 1.29. The molecule has 0 radical (unpaired) electrons. The van der Waals surface area contributed by atoms with Crippen molar-refractivity contribution in [3.05, 3.63) is 29.3 Å². The zero-order valence-electron chi connectivity index (χ0n) is 8.27. The number of benzene rings is 1. The van der Waals surface area contributed by atoms with Gasteiger partial charge in [-0.3, -0.25) is 4.21 Å². The van der Waals surface area contributed by atoms with Crippen LogP contribution in [0.1, 0.15) is 17.2 Å². The lowest BCUT2D eigenvalue weighted by Gasteiger charge is -2.15. The topological polar surface area (TPSA) is 98.4 Å². The molecule has 84 valence electrons. The van der Waals surface area contributed by atoms with Crippen molar-refractivity contribution in [3.8, 4) is 0 Å². The van der Waals surface area contributed by atoms with Gasteiger partial charge in [-0.1, -0.05) is 6.07 Å². The highest BCUT2D eigenvalue weighted by Gasteiger charge is 2.08. The van der Waals surface area contributed by atoms with Crippen LogP contribution in [0.5, 0.6) is 0 Å². The number of hydrogen-bond acceptors (Lipinski definition) is 4. The molecule has 0 heterocycles. The molecule has 1 aromatic rings. The molecule has 0 saturated carbocycles. The molecular formula is C9H13N2O3S-. The van der Waals surface area contributed by atoms with Crippen molar-refractivity contribution in [1.82, 2.24) is 0 Å². The number of nitrogens with one attached hydrogen (secondary N) is 1. The molecule has 6 heteroatoms. The van der Waals surface area contributed by atoms with Crippen LogP contribution in [0.3, 0.4) is 0 Å². The van der Waals surface area contributed by atoms with Gasteiger partial charge in [-0.2, -0.15) is 0 Å². The maximum Gasteiger partial charge on any atom is 0.0915 e. The zero-order valence-corrected chi connectivity index (χ0v) is 9.08. The quantitative estimate of drug-likeness (QED) is 0.642. The Labute approximate surface area is 90.7 Å². The smallest absolute Gasteiger partial charge is 0.0915 e. The highest BCUT2D eigenvalue weighted by Crippen LogP contribution is 2.21. The average molecular weight is 229 g/mol. The Morgan fingerprint density at radius 2 is 2.33 bits per heavy atom. The van der Waals surface area contributed by atoms with Gasteiger partial charge in [0.15, 0.2) is 0 Å². The van der Waals surface area contributed by atoms with Gasteiger partial charge in [0.25, 0.3) is 0 Å². The van der Waals surface area contributed by atoms with E-state index in [9.17, 15) is 13.9 Å². The molecular weight excluding hydrogens is 216 g/mol. The first-order valence-electron chi connectivity index (χ1n) is 4.39. The number of aliphatic hydroxyl groups is 1. The zero-order chi connectivity index (χ0) is 11.4. The Kier molecular flexibility index (Phi) is 4.22. The Bertz CT molecular complexity index is 370. The van der Waals surface area contributed by atoms with Gasteiger partial charge < -0.3 is 20.1 Å². The van der Waals surface area contributed by atoms with E-state index in [1.54, 1.807) is 18.2 Å². The van der Waals surface area contributed by atoms with Gasteiger partial charge in [-0.05, 0) is 30.2 Å². The monoisotopic (exact) mass is 229 g/mol. The summed E-state index contributed by atoms with van der Waals surface area (Å²) in [7, 11) is 0. The summed E-state index contributed by atoms with van der Waals surface area (Å²) >= 11 is -2.36. The SMILES string of the molecule is Cc1ccc(NS(=O)[O-])cc1C(O)CN. The Balaban J connectivity index is 2.99. The van der Waals surface area contributed by atoms with Crippen LogP contribution in [0.2, 0.25) is 0 Å². The molecule has 0 amide bonds. The number of aliphatic hydroxyl groups excluding tert-OH is 1. The van der Waals surface area contributed by atoms with Crippen LogP contribution in [0, 0.1) is 6.92 Å². The summed E-state index contributed by atoms with van der Waals surface area (Å²) in [5.41, 5.74) is 7.25. The second-order valence-corrected chi connectivity index (χ2v) is 3.83. The number of hydrogen-bond donors (Lipinski definition) is 3. The van der Waals surface area contributed by atoms with Crippen molar-refractivity contribution in [3.63, 3.8) is 0 Å². The highest BCUT2D eigenvalue weighted by atomic mass is 32.2. The van der Waals surface area contributed by atoms with E-state index in [0.717, 1.165) is 5.56 Å². The Hall–Kier alpha value is -0.950. The van der Waals surface area contributed by atoms with Crippen LogP contribution >= 0.6 is 0 Å². The van der Waals surface area contributed by atoms with E-state index in [4.69, 9.17) is 5.73 Å². The summed E-state index contributed by atoms with van der Waals surface area (Å²) in [6, 6.07) is 4.92. The summed E-state index contributed by atoms with van der Waals surface area (Å²) in [6.45, 7) is 1.93. The molecule has 0 fully saturated rings. The van der Waals surface area contributed by atoms with E-state index in [1.165, 1.54) is 0 Å². The summed E-state index contributed by atoms with van der Waals surface area (Å²) in [6.07, 6.45) is -0.771. The second-order valence-electron chi connectivity index (χ2n) is 3.16. The number of aryl methyl sites for hydroxylation is 1. The largest absolute Gasteiger partial charge is 0.755 e. The molecule has 4 N–H and O–H groups in total. The third-order valence-corrected chi connectivity index (χ3v) is 2.47. The summed E-state index contributed by atoms with van der Waals surface area (Å²) < 4.78 is 23.0. The molecule has 0 aliphatic rings. The van der Waals surface area contributed by atoms with E-state index in [0.29, 0.717) is 11.3 Å². The highest BCUT2D eigenvalue weighted by molar-refractivity contribution is 7.80. The maximum atomic E-state index is 10.4. The molecule has 0 aliphatic heterocycles. The van der Waals surface area contributed by atoms with Crippen molar-refractivity contribution < 1.29 is 13.9 Å². The van der Waals surface area contributed by atoms with E-state index >= 15 is 0 Å². The average Bonchev–Trinajstić information content (AvgIpc) is 2.19. The van der Waals surface area contributed by atoms with E-state index in [2.05, 4.69) is 4.72 Å². The Morgan fingerprint density at radius 1 is 1.67 bits per heavy atom. The minimum absolute atomic E-state index is 0.102. The first-order chi connectivity index (χ1) is 7.04. The van der Waals surface area contributed by atoms with Crippen molar-refractivity contribution in [1.29, 1.82) is 0 Å². The molecule has 2 unspecified atom stereocenters. The predicted octanol–water partition coefficient (Wildman–Crippen LogP) is 0.193. The van der Waals surface area contributed by atoms with Crippen LogP contribution in [0.15, 0.2) is 18.2 Å². The van der Waals surface area contributed by atoms with Crippen LogP contribution in [0.4, 0.5) is 5.69 Å². The molecule has 0 spiro atoms. The van der Waals surface area contributed by atoms with Gasteiger partial charge in [0.05, 0.1) is 6.10 Å². The molecule has 0 aromatic heterocycles. The van der Waals surface area contributed by atoms with Gasteiger partial charge >= 0.3 is 0 Å². The van der Waals surface area contributed by atoms with Crippen LogP contribution in [0.25, 0.3) is 0 Å². The van der Waals surface area contributed by atoms with Gasteiger partial charge in [-0.15, -0.1) is 0 Å². The third kappa shape index (κ3) is 3.28. The summed E-state index contributed by atoms with van der Waals surface area (Å²) in [4.78, 5) is 0. The summed E-state index contributed by atoms with van der Waals surface area (Å²) in [5.74, 6) is 0. The molecule has 0 saturated heterocycles. The first kappa shape index (κ1) is 12.1. The standard InChI is InChI=1S/C9H14N2O3S/c1-6-2-3-7(11-15(13)14)4-8(6)9(12)5-10/h2-4,9,11-12H,5,10H2,1H3,(H,13,14)/p-1. The van der Waals surface area contributed by atoms with E-state index < -0.39 is 17.4 Å². The molecule has 0 aliphatic carbocycles. The molecule has 1 rings (SSSR count). The van der Waals surface area contributed by atoms with Crippen molar-refractivity contribution in [2.45, 2.75) is 13.0 Å². The minimum atomic E-state index is -2.36. The normalized spacial score (nSPS) is 14.7. The number of rotatable bonds is 4. The fourth-order valence-corrected chi connectivity index (χ4v) is 1.61. The maximum absolute atomic E-state index is 10.4. The third-order valence-electron chi connectivity index (χ3n) is 2.06. The fraction of sp³-hybridized carbons (Fsp3) is 0.333. The molecule has 2 atom stereocenters. The summed E-state index contributed by atoms with van der Waals surface area (Å²) in [5, 5.41) is 9.56. The first-order valence-corrected chi connectivity index (χ1v) is 5.46. The van der Waals surface area contributed by atoms with Crippen LogP contribution < -0.4 is 10.5 Å². The van der Waals surface area contributed by atoms with Gasteiger partial charge in [0.2, 0.25) is 0 Å². The molecule has 15 heavy (non-hydrogen) atoms. The lowest BCUT2D eigenvalue weighted by Crippen LogP contribution is -2.13. The lowest BCUT2D eigenvalue weighted by atomic mass is 10.0. The van der Waals surface area contributed by atoms with Crippen molar-refractivity contribution in [2.75, 3.05) is 11.3 Å².